The van der Waals surface area contributed by atoms with E-state index in [9.17, 15) is 14.4 Å². The van der Waals surface area contributed by atoms with Gasteiger partial charge < -0.3 is 19.1 Å². The number of rotatable bonds is 5. The standard InChI is InChI=1S/C27H28ClN5O4/c1-31(2)18-7-9-32(10-8-18)23-6-5-21-20(29-23)12-22(37-21)27(13-24(34)30-26(27)36)15-33-14-16-3-4-17(28)11-19(16)25(33)35/h3-6,11-12,18H,7-10,13-15H2,1-2H3,(H,30,34,36). The predicted octanol–water partition coefficient (Wildman–Crippen LogP) is 2.95. The number of carbonyl (C=O) groups excluding carboxylic acids is 3. The summed E-state index contributed by atoms with van der Waals surface area (Å²) in [4.78, 5) is 49.7. The minimum Gasteiger partial charge on any atom is -0.458 e. The van der Waals surface area contributed by atoms with E-state index >= 15 is 0 Å². The third-order valence-electron chi connectivity index (χ3n) is 7.91. The van der Waals surface area contributed by atoms with Crippen molar-refractivity contribution in [3.8, 4) is 0 Å². The summed E-state index contributed by atoms with van der Waals surface area (Å²) < 4.78 is 6.15. The number of benzene rings is 1. The molecule has 1 unspecified atom stereocenters. The van der Waals surface area contributed by atoms with Crippen molar-refractivity contribution in [1.29, 1.82) is 0 Å². The summed E-state index contributed by atoms with van der Waals surface area (Å²) in [5, 5.41) is 2.89. The molecule has 3 aliphatic heterocycles. The van der Waals surface area contributed by atoms with Crippen LogP contribution in [0.5, 0.6) is 0 Å². The van der Waals surface area contributed by atoms with E-state index in [1.54, 1.807) is 23.1 Å². The van der Waals surface area contributed by atoms with E-state index < -0.39 is 17.2 Å². The molecule has 192 valence electrons. The number of hydrogen-bond acceptors (Lipinski definition) is 7. The van der Waals surface area contributed by atoms with E-state index in [-0.39, 0.29) is 18.9 Å². The fraction of sp³-hybridized carbons (Fsp3) is 0.407. The molecule has 0 aliphatic carbocycles. The highest BCUT2D eigenvalue weighted by molar-refractivity contribution is 6.31. The van der Waals surface area contributed by atoms with Crippen molar-refractivity contribution >= 4 is 46.2 Å². The average Bonchev–Trinajstić information content (AvgIpc) is 3.53. The first-order valence-corrected chi connectivity index (χ1v) is 12.9. The van der Waals surface area contributed by atoms with Gasteiger partial charge in [0.2, 0.25) is 11.8 Å². The maximum Gasteiger partial charge on any atom is 0.254 e. The summed E-state index contributed by atoms with van der Waals surface area (Å²) in [6.07, 6.45) is 2.02. The lowest BCUT2D eigenvalue weighted by Crippen LogP contribution is -2.46. The Morgan fingerprint density at radius 1 is 1.14 bits per heavy atom. The highest BCUT2D eigenvalue weighted by Crippen LogP contribution is 2.39. The molecule has 0 bridgehead atoms. The van der Waals surface area contributed by atoms with Gasteiger partial charge in [-0.15, -0.1) is 0 Å². The highest BCUT2D eigenvalue weighted by Gasteiger charge is 2.53. The molecular weight excluding hydrogens is 494 g/mol. The number of carbonyl (C=O) groups is 3. The highest BCUT2D eigenvalue weighted by atomic mass is 35.5. The summed E-state index contributed by atoms with van der Waals surface area (Å²) >= 11 is 6.10. The monoisotopic (exact) mass is 521 g/mol. The molecule has 9 nitrogen and oxygen atoms in total. The Labute approximate surface area is 219 Å². The number of imide groups is 1. The lowest BCUT2D eigenvalue weighted by Gasteiger charge is -2.35. The number of furan rings is 1. The Bertz CT molecular complexity index is 1430. The molecule has 1 aromatic carbocycles. The molecule has 3 aliphatic rings. The minimum atomic E-state index is -1.33. The number of halogens is 1. The molecule has 2 fully saturated rings. The summed E-state index contributed by atoms with van der Waals surface area (Å²) in [5.74, 6) is 0.116. The number of amides is 3. The van der Waals surface area contributed by atoms with Crippen molar-refractivity contribution in [2.75, 3.05) is 38.6 Å². The molecule has 3 amide bonds. The SMILES string of the molecule is CN(C)C1CCN(c2ccc3oc(C4(CN5Cc6ccc(Cl)cc6C5=O)CC(=O)NC4=O)cc3n2)CC1. The number of nitrogens with zero attached hydrogens (tertiary/aromatic N) is 4. The number of aromatic nitrogens is 1. The van der Waals surface area contributed by atoms with Gasteiger partial charge in [0.25, 0.3) is 5.91 Å². The van der Waals surface area contributed by atoms with E-state index in [2.05, 4.69) is 29.2 Å². The van der Waals surface area contributed by atoms with Gasteiger partial charge in [0.15, 0.2) is 5.58 Å². The van der Waals surface area contributed by atoms with Gasteiger partial charge in [-0.05, 0) is 56.8 Å². The van der Waals surface area contributed by atoms with Gasteiger partial charge in [0.05, 0.1) is 6.42 Å². The predicted molar refractivity (Wildman–Crippen MR) is 139 cm³/mol. The maximum absolute atomic E-state index is 13.2. The van der Waals surface area contributed by atoms with Gasteiger partial charge in [-0.3, -0.25) is 19.7 Å². The van der Waals surface area contributed by atoms with Crippen LogP contribution < -0.4 is 10.2 Å². The number of nitrogens with one attached hydrogen (secondary N) is 1. The summed E-state index contributed by atoms with van der Waals surface area (Å²) in [5.41, 5.74) is 1.18. The first kappa shape index (κ1) is 23.9. The maximum atomic E-state index is 13.2. The third-order valence-corrected chi connectivity index (χ3v) is 8.15. The van der Waals surface area contributed by atoms with Crippen LogP contribution >= 0.6 is 11.6 Å². The molecule has 0 radical (unpaired) electrons. The smallest absolute Gasteiger partial charge is 0.254 e. The van der Waals surface area contributed by atoms with Crippen molar-refractivity contribution in [3.63, 3.8) is 0 Å². The van der Waals surface area contributed by atoms with Gasteiger partial charge >= 0.3 is 0 Å². The Morgan fingerprint density at radius 3 is 2.62 bits per heavy atom. The molecular formula is C27H28ClN5O4. The Morgan fingerprint density at radius 2 is 1.92 bits per heavy atom. The van der Waals surface area contributed by atoms with Gasteiger partial charge in [-0.25, -0.2) is 4.98 Å². The van der Waals surface area contributed by atoms with Crippen LogP contribution in [0, 0.1) is 0 Å². The van der Waals surface area contributed by atoms with Crippen LogP contribution in [0.4, 0.5) is 5.82 Å². The molecule has 1 N–H and O–H groups in total. The number of anilines is 1. The van der Waals surface area contributed by atoms with Crippen LogP contribution in [-0.4, -0.2) is 72.3 Å². The van der Waals surface area contributed by atoms with Crippen molar-refractivity contribution in [3.05, 3.63) is 58.3 Å². The molecule has 2 saturated heterocycles. The van der Waals surface area contributed by atoms with Crippen molar-refractivity contribution in [1.82, 2.24) is 20.1 Å². The fourth-order valence-corrected chi connectivity index (χ4v) is 5.94. The molecule has 0 saturated carbocycles. The summed E-state index contributed by atoms with van der Waals surface area (Å²) in [7, 11) is 4.22. The van der Waals surface area contributed by atoms with Crippen molar-refractivity contribution < 1.29 is 18.8 Å². The van der Waals surface area contributed by atoms with Crippen molar-refractivity contribution in [2.45, 2.75) is 37.3 Å². The second-order valence-electron chi connectivity index (χ2n) is 10.4. The lowest BCUT2D eigenvalue weighted by molar-refractivity contribution is -0.127. The lowest BCUT2D eigenvalue weighted by atomic mass is 9.82. The quantitative estimate of drug-likeness (QED) is 0.515. The van der Waals surface area contributed by atoms with Crippen LogP contribution in [0.3, 0.4) is 0 Å². The topological polar surface area (TPSA) is 99.0 Å². The molecule has 3 aromatic rings. The van der Waals surface area contributed by atoms with E-state index in [0.29, 0.717) is 40.0 Å². The van der Waals surface area contributed by atoms with Gasteiger partial charge in [0.1, 0.15) is 22.5 Å². The van der Waals surface area contributed by atoms with Crippen LogP contribution in [0.25, 0.3) is 11.1 Å². The van der Waals surface area contributed by atoms with E-state index in [1.165, 1.54) is 0 Å². The average molecular weight is 522 g/mol. The number of pyridine rings is 1. The second-order valence-corrected chi connectivity index (χ2v) is 10.9. The van der Waals surface area contributed by atoms with Gasteiger partial charge in [0, 0.05) is 48.9 Å². The van der Waals surface area contributed by atoms with Crippen molar-refractivity contribution in [2.24, 2.45) is 0 Å². The zero-order valence-electron chi connectivity index (χ0n) is 20.8. The van der Waals surface area contributed by atoms with E-state index in [4.69, 9.17) is 21.0 Å². The number of piperidine rings is 1. The van der Waals surface area contributed by atoms with Gasteiger partial charge in [-0.2, -0.15) is 0 Å². The Hall–Kier alpha value is -3.43. The third kappa shape index (κ3) is 4.06. The van der Waals surface area contributed by atoms with E-state index in [0.717, 1.165) is 37.3 Å². The summed E-state index contributed by atoms with van der Waals surface area (Å²) in [6, 6.07) is 11.3. The normalized spacial score (nSPS) is 22.4. The molecule has 0 spiro atoms. The molecule has 1 atom stereocenters. The summed E-state index contributed by atoms with van der Waals surface area (Å²) in [6.45, 7) is 2.17. The molecule has 10 heteroatoms. The first-order chi connectivity index (χ1) is 17.7. The number of fused-ring (bicyclic) bond motifs is 2. The zero-order valence-corrected chi connectivity index (χ0v) is 21.5. The fourth-order valence-electron chi connectivity index (χ4n) is 5.77. The number of hydrogen-bond donors (Lipinski definition) is 1. The first-order valence-electron chi connectivity index (χ1n) is 12.5. The molecule has 6 rings (SSSR count). The largest absolute Gasteiger partial charge is 0.458 e. The van der Waals surface area contributed by atoms with Crippen LogP contribution in [-0.2, 0) is 21.5 Å². The minimum absolute atomic E-state index is 0.0143. The van der Waals surface area contributed by atoms with Crippen LogP contribution in [0.15, 0.2) is 40.8 Å². The van der Waals surface area contributed by atoms with Gasteiger partial charge in [-0.1, -0.05) is 17.7 Å². The van der Waals surface area contributed by atoms with Crippen LogP contribution in [0.1, 0.15) is 40.9 Å². The van der Waals surface area contributed by atoms with Crippen LogP contribution in [0.2, 0.25) is 5.02 Å². The zero-order chi connectivity index (χ0) is 25.9. The molecule has 5 heterocycles. The Kier molecular flexibility index (Phi) is 5.72. The Balaban J connectivity index is 1.31. The molecule has 2 aromatic heterocycles. The van der Waals surface area contributed by atoms with E-state index in [1.807, 2.05) is 18.2 Å². The molecule has 37 heavy (non-hydrogen) atoms. The second kappa shape index (κ2) is 8.85.